The maximum absolute atomic E-state index is 12.5. The molecule has 2 heterocycles. The molecule has 0 saturated carbocycles. The molecule has 0 bridgehead atoms. The van der Waals surface area contributed by atoms with Crippen LogP contribution in [0.5, 0.6) is 0 Å². The van der Waals surface area contributed by atoms with Crippen molar-refractivity contribution in [2.24, 2.45) is 0 Å². The molecule has 1 N–H and O–H groups in total. The van der Waals surface area contributed by atoms with Crippen molar-refractivity contribution >= 4 is 11.7 Å². The van der Waals surface area contributed by atoms with Crippen LogP contribution in [0.4, 0.5) is 0 Å². The first-order valence-electron chi connectivity index (χ1n) is 7.69. The number of carbonyl (C=O) groups excluding carboxylic acids is 2. The number of rotatable bonds is 4. The summed E-state index contributed by atoms with van der Waals surface area (Å²) in [7, 11) is 0. The summed E-state index contributed by atoms with van der Waals surface area (Å²) in [5.41, 5.74) is 2.86. The van der Waals surface area contributed by atoms with Crippen LogP contribution in [0, 0.1) is 6.92 Å². The molecule has 24 heavy (non-hydrogen) atoms. The predicted molar refractivity (Wildman–Crippen MR) is 89.0 cm³/mol. The van der Waals surface area contributed by atoms with E-state index in [2.05, 4.69) is 4.98 Å². The lowest BCUT2D eigenvalue weighted by Crippen LogP contribution is -2.30. The Kier molecular flexibility index (Phi) is 4.16. The van der Waals surface area contributed by atoms with Crippen molar-refractivity contribution in [1.82, 2.24) is 9.88 Å². The molecule has 1 amide bonds. The van der Waals surface area contributed by atoms with Crippen molar-refractivity contribution in [3.05, 3.63) is 76.8 Å². The third-order valence-corrected chi connectivity index (χ3v) is 4.15. The maximum Gasteiger partial charge on any atom is 0.290 e. The van der Waals surface area contributed by atoms with Crippen LogP contribution >= 0.6 is 0 Å². The van der Waals surface area contributed by atoms with Crippen LogP contribution in [0.25, 0.3) is 0 Å². The second kappa shape index (κ2) is 6.28. The van der Waals surface area contributed by atoms with E-state index in [-0.39, 0.29) is 17.9 Å². The van der Waals surface area contributed by atoms with Crippen molar-refractivity contribution in [2.75, 3.05) is 0 Å². The van der Waals surface area contributed by atoms with Gasteiger partial charge in [-0.1, -0.05) is 35.9 Å². The molecule has 1 aromatic heterocycles. The van der Waals surface area contributed by atoms with E-state index in [1.54, 1.807) is 18.5 Å². The maximum atomic E-state index is 12.5. The molecular formula is C19H18N2O3. The van der Waals surface area contributed by atoms with E-state index in [4.69, 9.17) is 0 Å². The molecule has 1 aliphatic rings. The Morgan fingerprint density at radius 3 is 2.54 bits per heavy atom. The first-order valence-corrected chi connectivity index (χ1v) is 7.69. The average Bonchev–Trinajstić information content (AvgIpc) is 2.82. The first kappa shape index (κ1) is 15.9. The number of aromatic nitrogens is 1. The Morgan fingerprint density at radius 2 is 1.96 bits per heavy atom. The number of pyridine rings is 1. The highest BCUT2D eigenvalue weighted by Gasteiger charge is 2.42. The van der Waals surface area contributed by atoms with Crippen molar-refractivity contribution in [1.29, 1.82) is 0 Å². The number of hydrogen-bond donors (Lipinski definition) is 1. The second-order valence-electron chi connectivity index (χ2n) is 5.93. The number of nitrogens with zero attached hydrogens (tertiary/aromatic N) is 2. The molecule has 0 unspecified atom stereocenters. The van der Waals surface area contributed by atoms with Crippen LogP contribution in [0.1, 0.15) is 29.7 Å². The van der Waals surface area contributed by atoms with Gasteiger partial charge in [0.1, 0.15) is 0 Å². The summed E-state index contributed by atoms with van der Waals surface area (Å²) in [6.45, 7) is 3.61. The van der Waals surface area contributed by atoms with E-state index in [1.165, 1.54) is 11.8 Å². The number of aliphatic hydroxyl groups excluding tert-OH is 1. The Bertz CT molecular complexity index is 810. The number of ketones is 1. The standard InChI is InChI=1S/C19H18N2O3/c1-12-5-7-15(8-6-12)17-16(13(2)22)18(23)19(24)21(17)11-14-4-3-9-20-10-14/h3-10,17,23H,11H2,1-2H3/t17-/m0/s1. The minimum absolute atomic E-state index is 0.146. The lowest BCUT2D eigenvalue weighted by Gasteiger charge is -2.26. The van der Waals surface area contributed by atoms with Gasteiger partial charge in [-0.25, -0.2) is 0 Å². The molecule has 0 fully saturated rings. The van der Waals surface area contributed by atoms with E-state index in [0.717, 1.165) is 16.7 Å². The van der Waals surface area contributed by atoms with Gasteiger partial charge in [0.25, 0.3) is 5.91 Å². The Labute approximate surface area is 140 Å². The van der Waals surface area contributed by atoms with Gasteiger partial charge in [-0.15, -0.1) is 0 Å². The van der Waals surface area contributed by atoms with Crippen molar-refractivity contribution in [3.8, 4) is 0 Å². The SMILES string of the molecule is CC(=O)C1=C(O)C(=O)N(Cc2cccnc2)[C@H]1c1ccc(C)cc1. The van der Waals surface area contributed by atoms with Crippen LogP contribution in [0.3, 0.4) is 0 Å². The normalized spacial score (nSPS) is 17.5. The number of carbonyl (C=O) groups is 2. The monoisotopic (exact) mass is 322 g/mol. The van der Waals surface area contributed by atoms with Gasteiger partial charge in [-0.3, -0.25) is 14.6 Å². The molecule has 5 nitrogen and oxygen atoms in total. The van der Waals surface area contributed by atoms with Crippen molar-refractivity contribution in [3.63, 3.8) is 0 Å². The molecule has 0 aliphatic carbocycles. The topological polar surface area (TPSA) is 70.5 Å². The van der Waals surface area contributed by atoms with Crippen LogP contribution in [-0.2, 0) is 16.1 Å². The Balaban J connectivity index is 2.04. The van der Waals surface area contributed by atoms with Crippen molar-refractivity contribution < 1.29 is 14.7 Å². The van der Waals surface area contributed by atoms with Gasteiger partial charge in [0.05, 0.1) is 11.6 Å². The number of Topliss-reactive ketones (excluding diaryl/α,β-unsaturated/α-hetero) is 1. The van der Waals surface area contributed by atoms with Crippen LogP contribution < -0.4 is 0 Å². The molecule has 3 rings (SSSR count). The van der Waals surface area contributed by atoms with Gasteiger partial charge < -0.3 is 10.0 Å². The fraction of sp³-hybridized carbons (Fsp3) is 0.211. The molecule has 1 aromatic carbocycles. The highest BCUT2D eigenvalue weighted by molar-refractivity contribution is 6.08. The first-order chi connectivity index (χ1) is 11.5. The van der Waals surface area contributed by atoms with Crippen molar-refractivity contribution in [2.45, 2.75) is 26.4 Å². The second-order valence-corrected chi connectivity index (χ2v) is 5.93. The highest BCUT2D eigenvalue weighted by atomic mass is 16.3. The van der Waals surface area contributed by atoms with Gasteiger partial charge in [-0.05, 0) is 31.0 Å². The molecule has 5 heteroatoms. The summed E-state index contributed by atoms with van der Waals surface area (Å²) >= 11 is 0. The van der Waals surface area contributed by atoms with Crippen LogP contribution in [0.2, 0.25) is 0 Å². The van der Waals surface area contributed by atoms with Crippen LogP contribution in [0.15, 0.2) is 60.1 Å². The number of aliphatic hydroxyl groups is 1. The van der Waals surface area contributed by atoms with Gasteiger partial charge in [0.15, 0.2) is 11.5 Å². The predicted octanol–water partition coefficient (Wildman–Crippen LogP) is 2.87. The third-order valence-electron chi connectivity index (χ3n) is 4.15. The fourth-order valence-electron chi connectivity index (χ4n) is 2.96. The molecule has 2 aromatic rings. The largest absolute Gasteiger partial charge is 0.503 e. The van der Waals surface area contributed by atoms with Gasteiger partial charge in [-0.2, -0.15) is 0 Å². The Hall–Kier alpha value is -2.95. The summed E-state index contributed by atoms with van der Waals surface area (Å²) < 4.78 is 0. The molecule has 0 saturated heterocycles. The number of benzene rings is 1. The van der Waals surface area contributed by atoms with Gasteiger partial charge in [0, 0.05) is 18.9 Å². The van der Waals surface area contributed by atoms with E-state index in [1.807, 2.05) is 37.3 Å². The summed E-state index contributed by atoms with van der Waals surface area (Å²) in [5.74, 6) is -1.30. The zero-order valence-electron chi connectivity index (χ0n) is 13.6. The quantitative estimate of drug-likeness (QED) is 0.939. The number of aryl methyl sites for hydroxylation is 1. The summed E-state index contributed by atoms with van der Waals surface area (Å²) in [5, 5.41) is 10.2. The molecule has 0 radical (unpaired) electrons. The lowest BCUT2D eigenvalue weighted by atomic mass is 9.96. The van der Waals surface area contributed by atoms with E-state index in [9.17, 15) is 14.7 Å². The molecule has 1 atom stereocenters. The smallest absolute Gasteiger partial charge is 0.290 e. The summed E-state index contributed by atoms with van der Waals surface area (Å²) in [6.07, 6.45) is 3.33. The van der Waals surface area contributed by atoms with E-state index < -0.39 is 17.7 Å². The lowest BCUT2D eigenvalue weighted by molar-refractivity contribution is -0.130. The fourth-order valence-corrected chi connectivity index (χ4v) is 2.96. The minimum Gasteiger partial charge on any atom is -0.503 e. The highest BCUT2D eigenvalue weighted by Crippen LogP contribution is 2.38. The number of amides is 1. The molecule has 1 aliphatic heterocycles. The molecule has 122 valence electrons. The van der Waals surface area contributed by atoms with Gasteiger partial charge in [0.2, 0.25) is 0 Å². The summed E-state index contributed by atoms with van der Waals surface area (Å²) in [4.78, 5) is 30.1. The van der Waals surface area contributed by atoms with E-state index >= 15 is 0 Å². The van der Waals surface area contributed by atoms with E-state index in [0.29, 0.717) is 0 Å². The number of hydrogen-bond acceptors (Lipinski definition) is 4. The molecular weight excluding hydrogens is 304 g/mol. The third kappa shape index (κ3) is 2.80. The zero-order valence-corrected chi connectivity index (χ0v) is 13.6. The average molecular weight is 322 g/mol. The van der Waals surface area contributed by atoms with Crippen LogP contribution in [-0.4, -0.2) is 26.7 Å². The minimum atomic E-state index is -0.587. The van der Waals surface area contributed by atoms with Gasteiger partial charge >= 0.3 is 0 Å². The molecule has 0 spiro atoms. The zero-order chi connectivity index (χ0) is 17.3. The Morgan fingerprint density at radius 1 is 1.25 bits per heavy atom. The summed E-state index contributed by atoms with van der Waals surface area (Å²) in [6, 6.07) is 10.7.